The first-order chi connectivity index (χ1) is 13.5. The second-order valence-electron chi connectivity index (χ2n) is 7.05. The van der Waals surface area contributed by atoms with Gasteiger partial charge in [0.05, 0.1) is 13.2 Å². The van der Waals surface area contributed by atoms with Crippen LogP contribution >= 0.6 is 35.6 Å². The summed E-state index contributed by atoms with van der Waals surface area (Å²) in [6.45, 7) is 3.94. The van der Waals surface area contributed by atoms with Crippen LogP contribution in [0.25, 0.3) is 0 Å². The predicted molar refractivity (Wildman–Crippen MR) is 121 cm³/mol. The van der Waals surface area contributed by atoms with Crippen LogP contribution in [0.1, 0.15) is 12.0 Å². The SMILES string of the molecule is CN=C(NCc1cc(Cl)ccc1OC(F)F)N1CCC(CN2CCOCC2)C1.I. The number of alkyl halides is 2. The van der Waals surface area contributed by atoms with Gasteiger partial charge in [-0.3, -0.25) is 9.89 Å². The monoisotopic (exact) mass is 544 g/mol. The number of rotatable bonds is 6. The van der Waals surface area contributed by atoms with E-state index in [1.54, 1.807) is 13.1 Å². The summed E-state index contributed by atoms with van der Waals surface area (Å²) >= 11 is 6.02. The molecule has 0 saturated carbocycles. The summed E-state index contributed by atoms with van der Waals surface area (Å²) in [4.78, 5) is 9.02. The molecule has 0 aromatic heterocycles. The van der Waals surface area contributed by atoms with Crippen molar-refractivity contribution < 1.29 is 18.3 Å². The van der Waals surface area contributed by atoms with Gasteiger partial charge < -0.3 is 19.7 Å². The fourth-order valence-corrected chi connectivity index (χ4v) is 3.92. The maximum atomic E-state index is 12.6. The van der Waals surface area contributed by atoms with Gasteiger partial charge in [0.15, 0.2) is 5.96 Å². The molecule has 1 aromatic carbocycles. The Morgan fingerprint density at radius 3 is 2.79 bits per heavy atom. The molecular formula is C19H28ClF2IN4O2. The van der Waals surface area contributed by atoms with Crippen molar-refractivity contribution in [1.29, 1.82) is 0 Å². The van der Waals surface area contributed by atoms with Gasteiger partial charge in [-0.05, 0) is 30.5 Å². The van der Waals surface area contributed by atoms with Crippen molar-refractivity contribution in [3.63, 3.8) is 0 Å². The second kappa shape index (κ2) is 12.1. The molecule has 10 heteroatoms. The van der Waals surface area contributed by atoms with Crippen LogP contribution in [0.3, 0.4) is 0 Å². The molecule has 2 saturated heterocycles. The standard InChI is InChI=1S/C19H27ClF2N4O2.HI/c1-23-19(24-11-15-10-16(20)2-3-17(15)28-18(21)22)26-5-4-14(13-26)12-25-6-8-27-9-7-25;/h2-3,10,14,18H,4-9,11-13H2,1H3,(H,23,24);1H. The quantitative estimate of drug-likeness (QED) is 0.338. The Kier molecular flexibility index (Phi) is 10.1. The topological polar surface area (TPSA) is 49.3 Å². The first kappa shape index (κ1) is 24.4. The normalized spacial score (nSPS) is 20.7. The Morgan fingerprint density at radius 2 is 2.10 bits per heavy atom. The molecule has 0 bridgehead atoms. The molecule has 2 fully saturated rings. The highest BCUT2D eigenvalue weighted by Gasteiger charge is 2.27. The molecule has 2 heterocycles. The molecule has 6 nitrogen and oxygen atoms in total. The number of likely N-dealkylation sites (tertiary alicyclic amines) is 1. The van der Waals surface area contributed by atoms with Gasteiger partial charge in [-0.25, -0.2) is 0 Å². The summed E-state index contributed by atoms with van der Waals surface area (Å²) in [7, 11) is 1.73. The Bertz CT molecular complexity index is 678. The molecule has 0 aliphatic carbocycles. The van der Waals surface area contributed by atoms with Crippen molar-refractivity contribution in [3.05, 3.63) is 28.8 Å². The molecular weight excluding hydrogens is 517 g/mol. The fraction of sp³-hybridized carbons (Fsp3) is 0.632. The van der Waals surface area contributed by atoms with Crippen molar-refractivity contribution in [2.45, 2.75) is 19.6 Å². The molecule has 0 amide bonds. The Labute approximate surface area is 192 Å². The third-order valence-electron chi connectivity index (χ3n) is 5.09. The lowest BCUT2D eigenvalue weighted by molar-refractivity contribution is -0.0504. The highest BCUT2D eigenvalue weighted by atomic mass is 127. The lowest BCUT2D eigenvalue weighted by atomic mass is 10.1. The maximum Gasteiger partial charge on any atom is 0.387 e. The zero-order valence-corrected chi connectivity index (χ0v) is 19.5. The van der Waals surface area contributed by atoms with E-state index in [1.165, 1.54) is 12.1 Å². The maximum absolute atomic E-state index is 12.6. The minimum absolute atomic E-state index is 0. The van der Waals surface area contributed by atoms with E-state index in [1.807, 2.05) is 0 Å². The van der Waals surface area contributed by atoms with Crippen LogP contribution in [0.5, 0.6) is 5.75 Å². The molecule has 29 heavy (non-hydrogen) atoms. The molecule has 3 rings (SSSR count). The minimum atomic E-state index is -2.88. The van der Waals surface area contributed by atoms with Gasteiger partial charge >= 0.3 is 6.61 Å². The number of halogens is 4. The van der Waals surface area contributed by atoms with Gasteiger partial charge in [-0.1, -0.05) is 11.6 Å². The molecule has 1 N–H and O–H groups in total. The van der Waals surface area contributed by atoms with E-state index in [4.69, 9.17) is 16.3 Å². The number of ether oxygens (including phenoxy) is 2. The van der Waals surface area contributed by atoms with Crippen LogP contribution in [0.4, 0.5) is 8.78 Å². The molecule has 0 spiro atoms. The molecule has 164 valence electrons. The summed E-state index contributed by atoms with van der Waals surface area (Å²) in [5, 5.41) is 3.72. The van der Waals surface area contributed by atoms with E-state index in [0.29, 0.717) is 23.0 Å². The van der Waals surface area contributed by atoms with Crippen LogP contribution in [0, 0.1) is 5.92 Å². The summed E-state index contributed by atoms with van der Waals surface area (Å²) in [5.74, 6) is 1.46. The van der Waals surface area contributed by atoms with Gasteiger partial charge in [0.25, 0.3) is 0 Å². The van der Waals surface area contributed by atoms with Crippen LogP contribution in [-0.2, 0) is 11.3 Å². The van der Waals surface area contributed by atoms with Gasteiger partial charge in [0, 0.05) is 56.9 Å². The number of hydrogen-bond acceptors (Lipinski definition) is 4. The second-order valence-corrected chi connectivity index (χ2v) is 7.48. The molecule has 1 unspecified atom stereocenters. The summed E-state index contributed by atoms with van der Waals surface area (Å²) < 4.78 is 35.3. The van der Waals surface area contributed by atoms with E-state index >= 15 is 0 Å². The van der Waals surface area contributed by atoms with E-state index in [-0.39, 0.29) is 29.7 Å². The summed E-state index contributed by atoms with van der Waals surface area (Å²) in [5.41, 5.74) is 0.568. The van der Waals surface area contributed by atoms with Crippen LogP contribution in [-0.4, -0.2) is 75.4 Å². The lowest BCUT2D eigenvalue weighted by Crippen LogP contribution is -2.42. The third kappa shape index (κ3) is 7.37. The largest absolute Gasteiger partial charge is 0.434 e. The lowest BCUT2D eigenvalue weighted by Gasteiger charge is -2.29. The smallest absolute Gasteiger partial charge is 0.387 e. The highest BCUT2D eigenvalue weighted by molar-refractivity contribution is 14.0. The van der Waals surface area contributed by atoms with Gasteiger partial charge in [-0.2, -0.15) is 8.78 Å². The highest BCUT2D eigenvalue weighted by Crippen LogP contribution is 2.25. The Hall–Kier alpha value is -0.910. The summed E-state index contributed by atoms with van der Waals surface area (Å²) in [6, 6.07) is 4.63. The molecule has 0 radical (unpaired) electrons. The number of morpholine rings is 1. The average Bonchev–Trinajstić information content (AvgIpc) is 3.13. The predicted octanol–water partition coefficient (Wildman–Crippen LogP) is 3.29. The van der Waals surface area contributed by atoms with Crippen molar-refractivity contribution in [2.75, 3.05) is 53.0 Å². The molecule has 1 atom stereocenters. The minimum Gasteiger partial charge on any atom is -0.434 e. The van der Waals surface area contributed by atoms with Crippen molar-refractivity contribution in [3.8, 4) is 5.75 Å². The number of aliphatic imine (C=N–C) groups is 1. The van der Waals surface area contributed by atoms with Crippen LogP contribution < -0.4 is 10.1 Å². The van der Waals surface area contributed by atoms with E-state index in [9.17, 15) is 8.78 Å². The van der Waals surface area contributed by atoms with E-state index < -0.39 is 6.61 Å². The Balaban J connectivity index is 0.00000300. The van der Waals surface area contributed by atoms with Crippen molar-refractivity contribution in [1.82, 2.24) is 15.1 Å². The zero-order valence-electron chi connectivity index (χ0n) is 16.5. The van der Waals surface area contributed by atoms with Crippen LogP contribution in [0.2, 0.25) is 5.02 Å². The summed E-state index contributed by atoms with van der Waals surface area (Å²) in [6.07, 6.45) is 1.11. The number of nitrogens with one attached hydrogen (secondary N) is 1. The van der Waals surface area contributed by atoms with Crippen molar-refractivity contribution >= 4 is 41.5 Å². The van der Waals surface area contributed by atoms with Crippen LogP contribution in [0.15, 0.2) is 23.2 Å². The van der Waals surface area contributed by atoms with Gasteiger partial charge in [0.2, 0.25) is 0 Å². The first-order valence-electron chi connectivity index (χ1n) is 9.54. The number of hydrogen-bond donors (Lipinski definition) is 1. The molecule has 2 aliphatic rings. The fourth-order valence-electron chi connectivity index (χ4n) is 3.73. The molecule has 1 aromatic rings. The van der Waals surface area contributed by atoms with Gasteiger partial charge in [0.1, 0.15) is 5.75 Å². The number of benzene rings is 1. The van der Waals surface area contributed by atoms with Gasteiger partial charge in [-0.15, -0.1) is 24.0 Å². The van der Waals surface area contributed by atoms with E-state index in [2.05, 4.69) is 24.8 Å². The number of nitrogens with zero attached hydrogens (tertiary/aromatic N) is 3. The Morgan fingerprint density at radius 1 is 1.34 bits per heavy atom. The van der Waals surface area contributed by atoms with Crippen molar-refractivity contribution in [2.24, 2.45) is 10.9 Å². The molecule has 2 aliphatic heterocycles. The average molecular weight is 545 g/mol. The van der Waals surface area contributed by atoms with E-state index in [0.717, 1.165) is 58.3 Å². The number of guanidine groups is 1. The first-order valence-corrected chi connectivity index (χ1v) is 9.92. The zero-order chi connectivity index (χ0) is 19.9. The third-order valence-corrected chi connectivity index (χ3v) is 5.33.